The van der Waals surface area contributed by atoms with Gasteiger partial charge < -0.3 is 4.90 Å². The van der Waals surface area contributed by atoms with E-state index >= 15 is 0 Å². The van der Waals surface area contributed by atoms with Crippen molar-refractivity contribution < 1.29 is 39.6 Å². The first-order valence-electron chi connectivity index (χ1n) is 12.5. The summed E-state index contributed by atoms with van der Waals surface area (Å²) in [5, 5.41) is -0.363. The summed E-state index contributed by atoms with van der Waals surface area (Å²) in [6, 6.07) is 7.77. The predicted molar refractivity (Wildman–Crippen MR) is 153 cm³/mol. The Labute approximate surface area is 240 Å². The van der Waals surface area contributed by atoms with Crippen LogP contribution in [0.3, 0.4) is 0 Å². The second-order valence-corrected chi connectivity index (χ2v) is 14.3. The molecule has 224 valence electrons. The molecule has 2 aromatic rings. The van der Waals surface area contributed by atoms with Gasteiger partial charge in [-0.2, -0.15) is 0 Å². The van der Waals surface area contributed by atoms with Crippen LogP contribution in [0.1, 0.15) is 65.7 Å². The molecule has 0 radical (unpaired) electrons. The highest BCUT2D eigenvalue weighted by atomic mass is 35.5. The van der Waals surface area contributed by atoms with Gasteiger partial charge in [0.15, 0.2) is 12.6 Å². The van der Waals surface area contributed by atoms with Crippen molar-refractivity contribution in [1.82, 2.24) is 0 Å². The van der Waals surface area contributed by atoms with Crippen molar-refractivity contribution in [2.75, 3.05) is 30.5 Å². The molecule has 2 aromatic carbocycles. The van der Waals surface area contributed by atoms with E-state index in [2.05, 4.69) is 0 Å². The summed E-state index contributed by atoms with van der Waals surface area (Å²) in [6.45, 7) is 1.03. The first-order chi connectivity index (χ1) is 18.3. The molecule has 1 heterocycles. The van der Waals surface area contributed by atoms with Crippen LogP contribution in [-0.2, 0) is 19.7 Å². The number of hydrogen-bond acceptors (Lipinski definition) is 7. The monoisotopic (exact) mass is 625 g/mol. The van der Waals surface area contributed by atoms with Gasteiger partial charge in [0, 0.05) is 25.6 Å². The fourth-order valence-electron chi connectivity index (χ4n) is 4.56. The number of anilines is 1. The molecule has 0 unspecified atom stereocenters. The minimum atomic E-state index is -3.03. The van der Waals surface area contributed by atoms with Crippen molar-refractivity contribution in [2.45, 2.75) is 55.4 Å². The SMILES string of the molecule is CS(=O)(=O)C1CCCCC1.CS(=O)(=O)C1CCN(c2cccc(F)c2C=O)CC1.Cl.O=Cc1c(F)cccc1F. The van der Waals surface area contributed by atoms with E-state index in [-0.39, 0.29) is 34.8 Å². The third-order valence-electron chi connectivity index (χ3n) is 6.81. The number of piperidine rings is 1. The zero-order chi connectivity index (χ0) is 29.2. The molecule has 1 saturated carbocycles. The van der Waals surface area contributed by atoms with Gasteiger partial charge >= 0.3 is 0 Å². The Balaban J connectivity index is 0.000000324. The third kappa shape index (κ3) is 10.5. The Morgan fingerprint density at radius 1 is 0.675 bits per heavy atom. The zero-order valence-corrected chi connectivity index (χ0v) is 24.8. The lowest BCUT2D eigenvalue weighted by Crippen LogP contribution is -2.39. The van der Waals surface area contributed by atoms with Gasteiger partial charge in [0.05, 0.1) is 27.3 Å². The first-order valence-corrected chi connectivity index (χ1v) is 16.5. The standard InChI is InChI=1S/C13H16FNO3S.C7H4F2O.C7H14O2S.ClH/c1-19(17,18)10-5-7-15(8-6-10)13-4-2-3-12(14)11(13)9-16;8-6-2-1-3-7(9)5(6)4-10;1-10(8,9)7-5-3-2-4-6-7;/h2-4,9-10H,5-8H2,1H3;1-4H;7H,2-6H2,1H3;1H. The van der Waals surface area contributed by atoms with Crippen molar-refractivity contribution >= 4 is 50.3 Å². The highest BCUT2D eigenvalue weighted by molar-refractivity contribution is 7.91. The van der Waals surface area contributed by atoms with Crippen molar-refractivity contribution in [3.63, 3.8) is 0 Å². The molecule has 1 saturated heterocycles. The van der Waals surface area contributed by atoms with Crippen LogP contribution in [0.2, 0.25) is 0 Å². The Morgan fingerprint density at radius 2 is 1.07 bits per heavy atom. The lowest BCUT2D eigenvalue weighted by molar-refractivity contribution is 0.111. The van der Waals surface area contributed by atoms with Gasteiger partial charge in [-0.3, -0.25) is 9.59 Å². The number of carbonyl (C=O) groups is 2. The maximum absolute atomic E-state index is 13.5. The smallest absolute Gasteiger partial charge is 0.155 e. The van der Waals surface area contributed by atoms with E-state index < -0.39 is 42.7 Å². The van der Waals surface area contributed by atoms with Crippen LogP contribution >= 0.6 is 12.4 Å². The maximum atomic E-state index is 13.5. The summed E-state index contributed by atoms with van der Waals surface area (Å²) < 4.78 is 83.2. The summed E-state index contributed by atoms with van der Waals surface area (Å²) in [5.41, 5.74) is 0.0738. The fraction of sp³-hybridized carbons (Fsp3) is 0.481. The van der Waals surface area contributed by atoms with Crippen LogP contribution in [0.15, 0.2) is 36.4 Å². The summed E-state index contributed by atoms with van der Waals surface area (Å²) >= 11 is 0. The average Bonchev–Trinajstić information content (AvgIpc) is 2.89. The van der Waals surface area contributed by atoms with Crippen molar-refractivity contribution in [3.8, 4) is 0 Å². The molecule has 40 heavy (non-hydrogen) atoms. The Hall–Kier alpha value is -2.44. The molecule has 0 bridgehead atoms. The second kappa shape index (κ2) is 16.1. The van der Waals surface area contributed by atoms with Gasteiger partial charge in [-0.15, -0.1) is 12.4 Å². The number of halogens is 4. The summed E-state index contributed by atoms with van der Waals surface area (Å²) in [6.07, 6.45) is 9.45. The Morgan fingerprint density at radius 3 is 1.45 bits per heavy atom. The van der Waals surface area contributed by atoms with Crippen LogP contribution in [0.5, 0.6) is 0 Å². The zero-order valence-electron chi connectivity index (χ0n) is 22.4. The largest absolute Gasteiger partial charge is 0.371 e. The highest BCUT2D eigenvalue weighted by Crippen LogP contribution is 2.27. The van der Waals surface area contributed by atoms with Gasteiger partial charge in [0.25, 0.3) is 0 Å². The Bertz CT molecular complexity index is 1320. The first kappa shape index (κ1) is 35.6. The molecule has 2 aliphatic rings. The normalized spacial score (nSPS) is 16.4. The number of nitrogens with zero attached hydrogens (tertiary/aromatic N) is 1. The maximum Gasteiger partial charge on any atom is 0.155 e. The predicted octanol–water partition coefficient (Wildman–Crippen LogP) is 5.21. The topological polar surface area (TPSA) is 106 Å². The number of sulfone groups is 2. The minimum absolute atomic E-state index is 0. The van der Waals surface area contributed by atoms with E-state index in [9.17, 15) is 39.6 Å². The van der Waals surface area contributed by atoms with Gasteiger partial charge in [-0.25, -0.2) is 30.0 Å². The van der Waals surface area contributed by atoms with Gasteiger partial charge in [0.2, 0.25) is 0 Å². The summed E-state index contributed by atoms with van der Waals surface area (Å²) in [5.74, 6) is -2.19. The second-order valence-electron chi connectivity index (χ2n) is 9.65. The number of rotatable bonds is 5. The van der Waals surface area contributed by atoms with E-state index in [4.69, 9.17) is 0 Å². The summed E-state index contributed by atoms with van der Waals surface area (Å²) in [7, 11) is -5.75. The molecule has 0 spiro atoms. The summed E-state index contributed by atoms with van der Waals surface area (Å²) in [4.78, 5) is 22.8. The van der Waals surface area contributed by atoms with E-state index in [0.29, 0.717) is 37.9 Å². The number of hydrogen-bond donors (Lipinski definition) is 0. The number of benzene rings is 2. The van der Waals surface area contributed by atoms with Gasteiger partial charge in [-0.05, 0) is 49.9 Å². The lowest BCUT2D eigenvalue weighted by Gasteiger charge is -2.33. The average molecular weight is 626 g/mol. The van der Waals surface area contributed by atoms with Crippen LogP contribution < -0.4 is 4.90 Å². The van der Waals surface area contributed by atoms with E-state index in [1.54, 1.807) is 12.1 Å². The van der Waals surface area contributed by atoms with E-state index in [0.717, 1.165) is 37.8 Å². The third-order valence-corrected chi connectivity index (χ3v) is 10.2. The van der Waals surface area contributed by atoms with Gasteiger partial charge in [-0.1, -0.05) is 31.4 Å². The van der Waals surface area contributed by atoms with E-state index in [1.807, 2.05) is 4.90 Å². The van der Waals surface area contributed by atoms with E-state index in [1.165, 1.54) is 31.1 Å². The molecule has 0 atom stereocenters. The lowest BCUT2D eigenvalue weighted by atomic mass is 10.0. The molecule has 0 aromatic heterocycles. The van der Waals surface area contributed by atoms with Crippen LogP contribution in [-0.4, -0.2) is 65.5 Å². The molecular weight excluding hydrogens is 591 g/mol. The van der Waals surface area contributed by atoms with Crippen LogP contribution in [0.4, 0.5) is 18.9 Å². The molecule has 0 amide bonds. The fourth-order valence-corrected chi connectivity index (χ4v) is 6.82. The molecule has 0 N–H and O–H groups in total. The molecule has 2 fully saturated rings. The molecule has 1 aliphatic carbocycles. The molecule has 1 aliphatic heterocycles. The van der Waals surface area contributed by atoms with Crippen molar-refractivity contribution in [1.29, 1.82) is 0 Å². The Kier molecular flexibility index (Phi) is 14.3. The minimum Gasteiger partial charge on any atom is -0.371 e. The quantitative estimate of drug-likeness (QED) is 0.420. The van der Waals surface area contributed by atoms with Crippen LogP contribution in [0, 0.1) is 17.5 Å². The number of aldehydes is 2. The molecule has 4 rings (SSSR count). The van der Waals surface area contributed by atoms with Crippen LogP contribution in [0.25, 0.3) is 0 Å². The molecule has 13 heteroatoms. The van der Waals surface area contributed by atoms with Crippen molar-refractivity contribution in [2.24, 2.45) is 0 Å². The highest BCUT2D eigenvalue weighted by Gasteiger charge is 2.28. The molecule has 7 nitrogen and oxygen atoms in total. The molecular formula is C27H35ClF3NO6S2. The van der Waals surface area contributed by atoms with Crippen molar-refractivity contribution in [3.05, 3.63) is 65.0 Å². The number of carbonyl (C=O) groups excluding carboxylic acids is 2. The van der Waals surface area contributed by atoms with Gasteiger partial charge in [0.1, 0.15) is 37.1 Å².